The fraction of sp³-hybridized carbons (Fsp3) is 0.250. The van der Waals surface area contributed by atoms with Gasteiger partial charge in [0.25, 0.3) is 0 Å². The van der Waals surface area contributed by atoms with Gasteiger partial charge in [0.1, 0.15) is 23.1 Å². The molecule has 0 amide bonds. The molecule has 1 aliphatic rings. The summed E-state index contributed by atoms with van der Waals surface area (Å²) in [6, 6.07) is 13.6. The van der Waals surface area contributed by atoms with Gasteiger partial charge in [0.05, 0.1) is 13.3 Å². The highest BCUT2D eigenvalue weighted by atomic mass is 16.5. The monoisotopic (exact) mass is 388 g/mol. The van der Waals surface area contributed by atoms with Crippen molar-refractivity contribution in [1.82, 2.24) is 29.8 Å². The summed E-state index contributed by atoms with van der Waals surface area (Å²) in [4.78, 5) is 13.4. The molecule has 0 unspecified atom stereocenters. The first-order chi connectivity index (χ1) is 14.3. The van der Waals surface area contributed by atoms with Gasteiger partial charge in [-0.05, 0) is 36.4 Å². The molecule has 0 bridgehead atoms. The van der Waals surface area contributed by atoms with Gasteiger partial charge in [0.2, 0.25) is 5.82 Å². The summed E-state index contributed by atoms with van der Waals surface area (Å²) in [7, 11) is 1.62. The first-order valence-corrected chi connectivity index (χ1v) is 9.45. The van der Waals surface area contributed by atoms with E-state index in [0.717, 1.165) is 37.8 Å². The Balaban J connectivity index is 1.39. The Bertz CT molecular complexity index is 1100. The van der Waals surface area contributed by atoms with Gasteiger partial charge in [0, 0.05) is 32.4 Å². The van der Waals surface area contributed by atoms with E-state index in [4.69, 9.17) is 9.84 Å². The van der Waals surface area contributed by atoms with Crippen molar-refractivity contribution in [2.45, 2.75) is 0 Å². The number of hydrogen-bond donors (Lipinski definition) is 0. The molecule has 0 N–H and O–H groups in total. The van der Waals surface area contributed by atoms with E-state index in [-0.39, 0.29) is 0 Å². The summed E-state index contributed by atoms with van der Waals surface area (Å²) in [6.07, 6.45) is 3.50. The molecular formula is C20H20N8O. The van der Waals surface area contributed by atoms with E-state index in [1.165, 1.54) is 0 Å². The topological polar surface area (TPSA) is 84.6 Å². The minimum atomic E-state index is 0.608. The molecule has 0 radical (unpaired) electrons. The van der Waals surface area contributed by atoms with E-state index in [1.54, 1.807) is 17.8 Å². The number of ether oxygens (including phenoxy) is 1. The van der Waals surface area contributed by atoms with Crippen molar-refractivity contribution in [1.29, 1.82) is 0 Å². The molecule has 0 atom stereocenters. The Labute approximate surface area is 167 Å². The van der Waals surface area contributed by atoms with Crippen LogP contribution in [0.2, 0.25) is 0 Å². The molecule has 0 spiro atoms. The van der Waals surface area contributed by atoms with Crippen LogP contribution in [0.1, 0.15) is 0 Å². The molecule has 0 saturated carbocycles. The van der Waals surface area contributed by atoms with Crippen molar-refractivity contribution >= 4 is 17.3 Å². The molecule has 1 saturated heterocycles. The molecule has 9 nitrogen and oxygen atoms in total. The number of methoxy groups -OCH3 is 1. The molecule has 1 fully saturated rings. The van der Waals surface area contributed by atoms with Gasteiger partial charge in [-0.15, -0.1) is 15.3 Å². The van der Waals surface area contributed by atoms with Crippen LogP contribution in [0.25, 0.3) is 17.2 Å². The molecule has 0 aliphatic carbocycles. The van der Waals surface area contributed by atoms with Crippen LogP contribution in [0, 0.1) is 0 Å². The predicted octanol–water partition coefficient (Wildman–Crippen LogP) is 1.92. The maximum Gasteiger partial charge on any atom is 0.203 e. The van der Waals surface area contributed by atoms with Gasteiger partial charge >= 0.3 is 0 Å². The van der Waals surface area contributed by atoms with Gasteiger partial charge in [0.15, 0.2) is 5.65 Å². The van der Waals surface area contributed by atoms with E-state index in [2.05, 4.69) is 30.0 Å². The zero-order valence-electron chi connectivity index (χ0n) is 16.0. The third-order valence-corrected chi connectivity index (χ3v) is 5.03. The van der Waals surface area contributed by atoms with Crippen LogP contribution in [0.3, 0.4) is 0 Å². The summed E-state index contributed by atoms with van der Waals surface area (Å²) < 4.78 is 6.92. The number of rotatable bonds is 4. The van der Waals surface area contributed by atoms with E-state index in [9.17, 15) is 0 Å². The molecule has 1 aliphatic heterocycles. The summed E-state index contributed by atoms with van der Waals surface area (Å²) in [6.45, 7) is 3.53. The van der Waals surface area contributed by atoms with E-state index in [0.29, 0.717) is 22.9 Å². The SMILES string of the molecule is COc1ccc(-c2nnc3ccc(N4CCN(c5ccccn5)CC4)nn23)nc1. The molecule has 5 heterocycles. The molecule has 9 heteroatoms. The third-order valence-electron chi connectivity index (χ3n) is 5.03. The predicted molar refractivity (Wildman–Crippen MR) is 109 cm³/mol. The van der Waals surface area contributed by atoms with Crippen molar-refractivity contribution in [2.24, 2.45) is 0 Å². The summed E-state index contributed by atoms with van der Waals surface area (Å²) >= 11 is 0. The van der Waals surface area contributed by atoms with Crippen LogP contribution in [0.15, 0.2) is 54.9 Å². The molecule has 146 valence electrons. The summed E-state index contributed by atoms with van der Waals surface area (Å²) in [5, 5.41) is 13.3. The van der Waals surface area contributed by atoms with Crippen LogP contribution in [0.4, 0.5) is 11.6 Å². The summed E-state index contributed by atoms with van der Waals surface area (Å²) in [5.41, 5.74) is 1.39. The minimum Gasteiger partial charge on any atom is -0.495 e. The van der Waals surface area contributed by atoms with Crippen LogP contribution in [0.5, 0.6) is 5.75 Å². The van der Waals surface area contributed by atoms with Crippen LogP contribution < -0.4 is 14.5 Å². The second-order valence-corrected chi connectivity index (χ2v) is 6.73. The second kappa shape index (κ2) is 7.34. The zero-order chi connectivity index (χ0) is 19.6. The Morgan fingerprint density at radius 1 is 0.828 bits per heavy atom. The van der Waals surface area contributed by atoms with Crippen molar-refractivity contribution in [2.75, 3.05) is 43.1 Å². The number of pyridine rings is 2. The molecular weight excluding hydrogens is 368 g/mol. The number of piperazine rings is 1. The average molecular weight is 388 g/mol. The maximum absolute atomic E-state index is 5.18. The van der Waals surface area contributed by atoms with Gasteiger partial charge in [-0.25, -0.2) is 9.97 Å². The van der Waals surface area contributed by atoms with E-state index >= 15 is 0 Å². The summed E-state index contributed by atoms with van der Waals surface area (Å²) in [5.74, 6) is 3.22. The quantitative estimate of drug-likeness (QED) is 0.524. The lowest BCUT2D eigenvalue weighted by atomic mass is 10.3. The van der Waals surface area contributed by atoms with Crippen molar-refractivity contribution in [3.8, 4) is 17.3 Å². The molecule has 29 heavy (non-hydrogen) atoms. The number of anilines is 2. The largest absolute Gasteiger partial charge is 0.495 e. The molecule has 0 aromatic carbocycles. The number of hydrogen-bond acceptors (Lipinski definition) is 8. The highest BCUT2D eigenvalue weighted by molar-refractivity contribution is 5.57. The highest BCUT2D eigenvalue weighted by Crippen LogP contribution is 2.21. The van der Waals surface area contributed by atoms with Crippen molar-refractivity contribution in [3.05, 3.63) is 54.9 Å². The van der Waals surface area contributed by atoms with Crippen LogP contribution >= 0.6 is 0 Å². The first-order valence-electron chi connectivity index (χ1n) is 9.45. The molecule has 5 rings (SSSR count). The Morgan fingerprint density at radius 3 is 2.34 bits per heavy atom. The fourth-order valence-electron chi connectivity index (χ4n) is 3.45. The normalized spacial score (nSPS) is 14.4. The van der Waals surface area contributed by atoms with Crippen LogP contribution in [-0.4, -0.2) is 63.1 Å². The van der Waals surface area contributed by atoms with Gasteiger partial charge < -0.3 is 14.5 Å². The minimum absolute atomic E-state index is 0.608. The lowest BCUT2D eigenvalue weighted by molar-refractivity contribution is 0.413. The fourth-order valence-corrected chi connectivity index (χ4v) is 3.45. The number of aromatic nitrogens is 6. The van der Waals surface area contributed by atoms with Crippen molar-refractivity contribution < 1.29 is 4.74 Å². The second-order valence-electron chi connectivity index (χ2n) is 6.73. The maximum atomic E-state index is 5.18. The first kappa shape index (κ1) is 17.4. The van der Waals surface area contributed by atoms with E-state index in [1.807, 2.05) is 48.7 Å². The average Bonchev–Trinajstić information content (AvgIpc) is 3.23. The Morgan fingerprint density at radius 2 is 1.66 bits per heavy atom. The highest BCUT2D eigenvalue weighted by Gasteiger charge is 2.20. The third kappa shape index (κ3) is 3.31. The smallest absolute Gasteiger partial charge is 0.203 e. The number of fused-ring (bicyclic) bond motifs is 1. The standard InChI is InChI=1S/C20H20N8O/c1-29-15-5-6-16(22-14-15)20-24-23-18-7-8-19(25-28(18)20)27-12-10-26(11-13-27)17-4-2-3-9-21-17/h2-9,14H,10-13H2,1H3. The lowest BCUT2D eigenvalue weighted by Crippen LogP contribution is -2.47. The Kier molecular flexibility index (Phi) is 4.39. The van der Waals surface area contributed by atoms with Gasteiger partial charge in [-0.3, -0.25) is 0 Å². The van der Waals surface area contributed by atoms with Gasteiger partial charge in [-0.2, -0.15) is 4.52 Å². The van der Waals surface area contributed by atoms with Crippen molar-refractivity contribution in [3.63, 3.8) is 0 Å². The van der Waals surface area contributed by atoms with Gasteiger partial charge in [-0.1, -0.05) is 6.07 Å². The molecule has 4 aromatic heterocycles. The molecule has 4 aromatic rings. The Hall–Kier alpha value is -3.75. The lowest BCUT2D eigenvalue weighted by Gasteiger charge is -2.35. The van der Waals surface area contributed by atoms with Crippen LogP contribution in [-0.2, 0) is 0 Å². The number of nitrogens with zero attached hydrogens (tertiary/aromatic N) is 8. The zero-order valence-corrected chi connectivity index (χ0v) is 16.0. The van der Waals surface area contributed by atoms with E-state index < -0.39 is 0 Å².